The number of aromatic nitrogens is 2. The van der Waals surface area contributed by atoms with Gasteiger partial charge in [0, 0.05) is 56.7 Å². The molecule has 0 fully saturated rings. The van der Waals surface area contributed by atoms with Gasteiger partial charge in [-0.2, -0.15) is 10.0 Å². The Balaban J connectivity index is 1.70. The third-order valence-electron chi connectivity index (χ3n) is 4.49. The minimum Gasteiger partial charge on any atom is -0.443 e. The summed E-state index contributed by atoms with van der Waals surface area (Å²) < 4.78 is 12.1. The molecule has 4 rings (SSSR count). The van der Waals surface area contributed by atoms with Crippen molar-refractivity contribution in [2.75, 3.05) is 0 Å². The molecule has 2 aromatic heterocycles. The molecular formula is C19H18N6O4. The fraction of sp³-hybridized carbons (Fsp3) is 0.263. The van der Waals surface area contributed by atoms with Gasteiger partial charge in [-0.15, -0.1) is 10.2 Å². The van der Waals surface area contributed by atoms with E-state index in [0.29, 0.717) is 11.1 Å². The molecule has 0 aliphatic carbocycles. The van der Waals surface area contributed by atoms with E-state index in [1.807, 2.05) is 0 Å². The minimum atomic E-state index is -1.44. The molecule has 2 atom stereocenters. The van der Waals surface area contributed by atoms with Crippen LogP contribution in [0.25, 0.3) is 0 Å². The highest BCUT2D eigenvalue weighted by Gasteiger charge is 2.57. The highest BCUT2D eigenvalue weighted by molar-refractivity contribution is 5.98. The number of carbonyl (C=O) groups is 2. The summed E-state index contributed by atoms with van der Waals surface area (Å²) in [6, 6.07) is 6.83. The summed E-state index contributed by atoms with van der Waals surface area (Å²) in [5.74, 6) is -0.307. The van der Waals surface area contributed by atoms with Gasteiger partial charge in [-0.25, -0.2) is 0 Å². The second-order valence-corrected chi connectivity index (χ2v) is 6.60. The van der Waals surface area contributed by atoms with E-state index in [1.165, 1.54) is 13.8 Å². The lowest BCUT2D eigenvalue weighted by atomic mass is 10.2. The van der Waals surface area contributed by atoms with E-state index in [1.54, 1.807) is 56.0 Å². The Bertz CT molecular complexity index is 1010. The van der Waals surface area contributed by atoms with Crippen molar-refractivity contribution in [2.45, 2.75) is 32.7 Å². The third-order valence-corrected chi connectivity index (χ3v) is 4.49. The molecule has 0 N–H and O–H groups in total. The number of pyridine rings is 2. The van der Waals surface area contributed by atoms with Crippen LogP contribution in [0.3, 0.4) is 0 Å². The molecule has 10 nitrogen and oxygen atoms in total. The molecule has 2 unspecified atom stereocenters. The molecule has 0 bridgehead atoms. The first-order chi connectivity index (χ1) is 13.9. The van der Waals surface area contributed by atoms with Crippen molar-refractivity contribution in [3.63, 3.8) is 0 Å². The van der Waals surface area contributed by atoms with Crippen LogP contribution in [0.2, 0.25) is 0 Å². The zero-order chi connectivity index (χ0) is 20.6. The van der Waals surface area contributed by atoms with Gasteiger partial charge in [-0.3, -0.25) is 19.6 Å². The van der Waals surface area contributed by atoms with Gasteiger partial charge in [-0.1, -0.05) is 0 Å². The molecule has 2 aliphatic heterocycles. The van der Waals surface area contributed by atoms with Gasteiger partial charge < -0.3 is 9.47 Å². The van der Waals surface area contributed by atoms with E-state index in [0.717, 1.165) is 10.0 Å². The van der Waals surface area contributed by atoms with Gasteiger partial charge in [-0.05, 0) is 24.3 Å². The van der Waals surface area contributed by atoms with E-state index in [4.69, 9.17) is 9.47 Å². The lowest BCUT2D eigenvalue weighted by molar-refractivity contribution is -0.187. The number of hydrazone groups is 2. The summed E-state index contributed by atoms with van der Waals surface area (Å²) >= 11 is 0. The lowest BCUT2D eigenvalue weighted by Crippen LogP contribution is -2.59. The number of amides is 2. The minimum absolute atomic E-state index is 0.217. The molecular weight excluding hydrogens is 376 g/mol. The van der Waals surface area contributed by atoms with Gasteiger partial charge in [0.05, 0.1) is 0 Å². The van der Waals surface area contributed by atoms with Gasteiger partial charge in [0.25, 0.3) is 12.0 Å². The maximum Gasteiger partial charge on any atom is 0.261 e. The van der Waals surface area contributed by atoms with Gasteiger partial charge in [0.1, 0.15) is 0 Å². The van der Waals surface area contributed by atoms with Crippen LogP contribution in [0, 0.1) is 0 Å². The van der Waals surface area contributed by atoms with Crippen molar-refractivity contribution in [3.8, 4) is 0 Å². The van der Waals surface area contributed by atoms with E-state index in [2.05, 4.69) is 20.2 Å². The van der Waals surface area contributed by atoms with Crippen LogP contribution < -0.4 is 0 Å². The highest BCUT2D eigenvalue weighted by atomic mass is 16.6. The predicted octanol–water partition coefficient (Wildman–Crippen LogP) is 1.30. The molecule has 4 heterocycles. The summed E-state index contributed by atoms with van der Waals surface area (Å²) in [5, 5.41) is 10.9. The molecule has 2 amide bonds. The fourth-order valence-electron chi connectivity index (χ4n) is 3.12. The molecule has 0 saturated heterocycles. The topological polar surface area (TPSA) is 110 Å². The first kappa shape index (κ1) is 18.5. The molecule has 0 spiro atoms. The van der Waals surface area contributed by atoms with E-state index in [-0.39, 0.29) is 23.6 Å². The van der Waals surface area contributed by atoms with E-state index in [9.17, 15) is 9.59 Å². The molecule has 10 heteroatoms. The monoisotopic (exact) mass is 394 g/mol. The van der Waals surface area contributed by atoms with Crippen molar-refractivity contribution in [1.82, 2.24) is 20.0 Å². The zero-order valence-corrected chi connectivity index (χ0v) is 16.0. The first-order valence-corrected chi connectivity index (χ1v) is 8.84. The van der Waals surface area contributed by atoms with Crippen molar-refractivity contribution in [1.29, 1.82) is 0 Å². The summed E-state index contributed by atoms with van der Waals surface area (Å²) in [6.07, 6.45) is 5.32. The second-order valence-electron chi connectivity index (χ2n) is 6.60. The largest absolute Gasteiger partial charge is 0.443 e. The van der Waals surface area contributed by atoms with E-state index < -0.39 is 12.0 Å². The molecule has 29 heavy (non-hydrogen) atoms. The van der Waals surface area contributed by atoms with Crippen LogP contribution in [0.1, 0.15) is 31.9 Å². The van der Waals surface area contributed by atoms with Crippen molar-refractivity contribution in [2.24, 2.45) is 10.2 Å². The van der Waals surface area contributed by atoms with Crippen LogP contribution in [-0.2, 0) is 19.1 Å². The normalized spacial score (nSPS) is 23.2. The Labute approximate surface area is 166 Å². The van der Waals surface area contributed by atoms with Crippen LogP contribution in [-0.4, -0.2) is 55.5 Å². The number of rotatable bonds is 3. The van der Waals surface area contributed by atoms with E-state index >= 15 is 0 Å². The number of ether oxygens (including phenoxy) is 2. The fourth-order valence-corrected chi connectivity index (χ4v) is 3.12. The summed E-state index contributed by atoms with van der Waals surface area (Å²) in [4.78, 5) is 32.6. The Morgan fingerprint density at radius 2 is 1.45 bits per heavy atom. The van der Waals surface area contributed by atoms with Crippen molar-refractivity contribution >= 4 is 23.6 Å². The van der Waals surface area contributed by atoms with Crippen molar-refractivity contribution < 1.29 is 19.1 Å². The van der Waals surface area contributed by atoms with Crippen LogP contribution in [0.5, 0.6) is 0 Å². The first-order valence-electron chi connectivity index (χ1n) is 8.84. The summed E-state index contributed by atoms with van der Waals surface area (Å²) in [7, 11) is 0. The lowest BCUT2D eigenvalue weighted by Gasteiger charge is -2.37. The SMILES string of the molecule is CC(=O)N1N=C(c2ccncc2)OC1C1(C)OC(c2ccncc2)=NN1C(C)=O. The maximum atomic E-state index is 12.3. The highest BCUT2D eigenvalue weighted by Crippen LogP contribution is 2.36. The molecule has 0 saturated carbocycles. The standard InChI is InChI=1S/C19H18N6O4/c1-12(26)24-18(28-16(22-24)14-4-8-20-9-5-14)19(3)25(13(2)27)23-17(29-19)15-6-10-21-11-7-15/h4-11,18H,1-3H3. The Hall–Kier alpha value is -3.82. The Morgan fingerprint density at radius 1 is 0.897 bits per heavy atom. The average molecular weight is 394 g/mol. The van der Waals surface area contributed by atoms with Gasteiger partial charge in [0.2, 0.25) is 23.6 Å². The average Bonchev–Trinajstić information content (AvgIpc) is 3.32. The molecule has 148 valence electrons. The molecule has 0 aromatic carbocycles. The van der Waals surface area contributed by atoms with Crippen molar-refractivity contribution in [3.05, 3.63) is 60.2 Å². The predicted molar refractivity (Wildman–Crippen MR) is 101 cm³/mol. The second kappa shape index (κ2) is 6.97. The molecule has 0 radical (unpaired) electrons. The number of hydrogen-bond donors (Lipinski definition) is 0. The quantitative estimate of drug-likeness (QED) is 0.776. The number of hydrogen-bond acceptors (Lipinski definition) is 8. The smallest absolute Gasteiger partial charge is 0.261 e. The molecule has 2 aromatic rings. The van der Waals surface area contributed by atoms with Crippen LogP contribution in [0.4, 0.5) is 0 Å². The number of carbonyl (C=O) groups excluding carboxylic acids is 2. The summed E-state index contributed by atoms with van der Waals surface area (Å²) in [5.41, 5.74) is -0.161. The van der Waals surface area contributed by atoms with Gasteiger partial charge >= 0.3 is 0 Å². The molecule has 2 aliphatic rings. The maximum absolute atomic E-state index is 12.3. The Kier molecular flexibility index (Phi) is 4.45. The van der Waals surface area contributed by atoms with Crippen LogP contribution >= 0.6 is 0 Å². The Morgan fingerprint density at radius 3 is 1.97 bits per heavy atom. The third kappa shape index (κ3) is 3.18. The summed E-state index contributed by atoms with van der Waals surface area (Å²) in [6.45, 7) is 4.34. The van der Waals surface area contributed by atoms with Gasteiger partial charge in [0.15, 0.2) is 0 Å². The van der Waals surface area contributed by atoms with Crippen LogP contribution in [0.15, 0.2) is 59.3 Å². The zero-order valence-electron chi connectivity index (χ0n) is 16.0. The number of nitrogens with zero attached hydrogens (tertiary/aromatic N) is 6.